The Bertz CT molecular complexity index is 1980. The Labute approximate surface area is 303 Å². The third kappa shape index (κ3) is 9.48. The third-order valence-corrected chi connectivity index (χ3v) is 9.91. The number of methoxy groups -OCH3 is 1. The van der Waals surface area contributed by atoms with E-state index in [0.29, 0.717) is 62.9 Å². The van der Waals surface area contributed by atoms with Gasteiger partial charge in [-0.15, -0.1) is 0 Å². The van der Waals surface area contributed by atoms with Crippen molar-refractivity contribution in [1.82, 2.24) is 39.8 Å². The van der Waals surface area contributed by atoms with Crippen LogP contribution in [0.25, 0.3) is 22.5 Å². The first-order valence-electron chi connectivity index (χ1n) is 16.7. The molecule has 0 aromatic carbocycles. The highest BCUT2D eigenvalue weighted by Crippen LogP contribution is 2.37. The van der Waals surface area contributed by atoms with Gasteiger partial charge in [0, 0.05) is 80.1 Å². The van der Waals surface area contributed by atoms with Crippen LogP contribution in [0.4, 0.5) is 29.7 Å². The third-order valence-electron chi connectivity index (χ3n) is 8.83. The van der Waals surface area contributed by atoms with Gasteiger partial charge < -0.3 is 19.5 Å². The van der Waals surface area contributed by atoms with E-state index in [4.69, 9.17) is 14.2 Å². The van der Waals surface area contributed by atoms with Gasteiger partial charge in [-0.1, -0.05) is 0 Å². The molecule has 5 heterocycles. The molecule has 2 fully saturated rings. The molecule has 0 unspecified atom stereocenters. The van der Waals surface area contributed by atoms with Gasteiger partial charge in [-0.05, 0) is 31.7 Å². The molecule has 1 N–H and O–H groups in total. The number of sulfone groups is 1. The molecule has 4 aromatic heterocycles. The number of halogens is 3. The number of aromatic nitrogens is 7. The molecule has 0 atom stereocenters. The Balaban J connectivity index is 1.17. The van der Waals surface area contributed by atoms with Crippen LogP contribution in [0.5, 0.6) is 6.01 Å². The van der Waals surface area contributed by atoms with E-state index >= 15 is 0 Å². The number of anilines is 2. The minimum Gasteiger partial charge on any atom is -0.467 e. The zero-order chi connectivity index (χ0) is 37.6. The lowest BCUT2D eigenvalue weighted by Crippen LogP contribution is -2.46. The number of morpholine rings is 1. The quantitative estimate of drug-likeness (QED) is 0.232. The topological polar surface area (TPSA) is 188 Å². The molecule has 20 heteroatoms. The zero-order valence-electron chi connectivity index (χ0n) is 28.9. The van der Waals surface area contributed by atoms with Crippen LogP contribution in [0, 0.1) is 0 Å². The SMILES string of the molecule is COc1ncc(-c2cnc(N(C(=O)OCCN3CCOCC3)C3CCC(Nc4ncc(C(F)(F)F)c(-c5cncc(S(C)(=O)=O)c5)n4)CC3)cn2)cn1. The molecular weight excluding hydrogens is 721 g/mol. The first-order chi connectivity index (χ1) is 25.4. The first kappa shape index (κ1) is 37.7. The van der Waals surface area contributed by atoms with E-state index in [9.17, 15) is 26.4 Å². The summed E-state index contributed by atoms with van der Waals surface area (Å²) in [5, 5.41) is 3.12. The summed E-state index contributed by atoms with van der Waals surface area (Å²) in [7, 11) is -2.28. The first-order valence-corrected chi connectivity index (χ1v) is 18.6. The minimum absolute atomic E-state index is 0.0652. The van der Waals surface area contributed by atoms with Crippen LogP contribution in [-0.4, -0.2) is 119 Å². The maximum Gasteiger partial charge on any atom is 0.419 e. The molecule has 53 heavy (non-hydrogen) atoms. The largest absolute Gasteiger partial charge is 0.467 e. The number of rotatable bonds is 11. The van der Waals surface area contributed by atoms with Gasteiger partial charge in [-0.25, -0.2) is 38.1 Å². The Kier molecular flexibility index (Phi) is 11.6. The van der Waals surface area contributed by atoms with Crippen molar-refractivity contribution >= 4 is 27.7 Å². The summed E-state index contributed by atoms with van der Waals surface area (Å²) < 4.78 is 82.3. The van der Waals surface area contributed by atoms with Crippen molar-refractivity contribution in [2.75, 3.05) is 63.0 Å². The van der Waals surface area contributed by atoms with Gasteiger partial charge in [0.25, 0.3) is 0 Å². The molecule has 0 bridgehead atoms. The van der Waals surface area contributed by atoms with Gasteiger partial charge in [-0.3, -0.25) is 19.8 Å². The lowest BCUT2D eigenvalue weighted by molar-refractivity contribution is -0.137. The fraction of sp³-hybridized carbons (Fsp3) is 0.455. The second kappa shape index (κ2) is 16.3. The summed E-state index contributed by atoms with van der Waals surface area (Å²) in [6, 6.07) is 0.724. The number of carbonyl (C=O) groups excluding carboxylic acids is 1. The maximum atomic E-state index is 14.0. The second-order valence-electron chi connectivity index (χ2n) is 12.4. The van der Waals surface area contributed by atoms with E-state index in [-0.39, 0.29) is 46.9 Å². The van der Waals surface area contributed by atoms with Crippen LogP contribution in [0.1, 0.15) is 31.2 Å². The normalized spacial score (nSPS) is 18.3. The zero-order valence-corrected chi connectivity index (χ0v) is 29.7. The predicted octanol–water partition coefficient (Wildman–Crippen LogP) is 3.92. The molecule has 2 aliphatic rings. The fourth-order valence-corrected chi connectivity index (χ4v) is 6.62. The van der Waals surface area contributed by atoms with Crippen LogP contribution in [0.3, 0.4) is 0 Å². The highest BCUT2D eigenvalue weighted by Gasteiger charge is 2.37. The number of nitrogens with zero attached hydrogens (tertiary/aromatic N) is 9. The average molecular weight is 759 g/mol. The second-order valence-corrected chi connectivity index (χ2v) is 14.5. The number of hydrogen-bond acceptors (Lipinski definition) is 15. The van der Waals surface area contributed by atoms with Crippen molar-refractivity contribution in [3.63, 3.8) is 0 Å². The summed E-state index contributed by atoms with van der Waals surface area (Å²) in [5.74, 6) is 0.223. The van der Waals surface area contributed by atoms with E-state index in [0.717, 1.165) is 37.8 Å². The smallest absolute Gasteiger partial charge is 0.419 e. The summed E-state index contributed by atoms with van der Waals surface area (Å²) in [6.07, 6.45) is 6.47. The summed E-state index contributed by atoms with van der Waals surface area (Å²) >= 11 is 0. The van der Waals surface area contributed by atoms with E-state index in [2.05, 4.69) is 45.1 Å². The van der Waals surface area contributed by atoms with Gasteiger partial charge in [0.05, 0.1) is 49.0 Å². The monoisotopic (exact) mass is 758 g/mol. The fourth-order valence-electron chi connectivity index (χ4n) is 6.03. The van der Waals surface area contributed by atoms with Crippen LogP contribution in [0.2, 0.25) is 0 Å². The Morgan fingerprint density at radius 1 is 0.962 bits per heavy atom. The molecule has 6 rings (SSSR count). The van der Waals surface area contributed by atoms with Crippen LogP contribution >= 0.6 is 0 Å². The van der Waals surface area contributed by atoms with E-state index in [1.165, 1.54) is 24.4 Å². The number of amides is 1. The van der Waals surface area contributed by atoms with Crippen molar-refractivity contribution in [3.8, 4) is 28.5 Å². The van der Waals surface area contributed by atoms with Gasteiger partial charge in [0.2, 0.25) is 5.95 Å². The highest BCUT2D eigenvalue weighted by atomic mass is 32.2. The van der Waals surface area contributed by atoms with Crippen LogP contribution in [0.15, 0.2) is 54.3 Å². The molecule has 16 nitrogen and oxygen atoms in total. The van der Waals surface area contributed by atoms with Gasteiger partial charge in [-0.2, -0.15) is 13.2 Å². The number of nitrogens with one attached hydrogen (secondary N) is 1. The molecular formula is C33H37F3N10O6S. The Morgan fingerprint density at radius 3 is 2.34 bits per heavy atom. The van der Waals surface area contributed by atoms with E-state index in [1.807, 2.05) is 0 Å². The summed E-state index contributed by atoms with van der Waals surface area (Å²) in [6.45, 7) is 3.43. The van der Waals surface area contributed by atoms with Crippen LogP contribution < -0.4 is 15.0 Å². The standard InChI is InChI=1S/C33H37F3N10O6S/c1-50-31-41-15-22(16-42-31)27-19-39-28(20-38-27)46(32(47)52-12-9-45-7-10-51-11-8-45)24-5-3-23(4-6-24)43-30-40-18-26(33(34,35)36)29(44-30)21-13-25(17-37-14-21)53(2,48)49/h13-20,23-24H,3-12H2,1-2H3,(H,40,43,44). The molecule has 0 radical (unpaired) electrons. The summed E-state index contributed by atoms with van der Waals surface area (Å²) in [5.41, 5.74) is -0.669. The van der Waals surface area contributed by atoms with Crippen molar-refractivity contribution in [3.05, 3.63) is 55.0 Å². The lowest BCUT2D eigenvalue weighted by Gasteiger charge is -2.36. The van der Waals surface area contributed by atoms with Gasteiger partial charge in [0.15, 0.2) is 15.7 Å². The maximum absolute atomic E-state index is 14.0. The van der Waals surface area contributed by atoms with Crippen molar-refractivity contribution in [2.45, 2.75) is 48.8 Å². The molecule has 282 valence electrons. The highest BCUT2D eigenvalue weighted by molar-refractivity contribution is 7.90. The number of ether oxygens (including phenoxy) is 3. The number of alkyl halides is 3. The molecule has 1 saturated carbocycles. The molecule has 0 spiro atoms. The van der Waals surface area contributed by atoms with Crippen molar-refractivity contribution < 1.29 is 40.6 Å². The van der Waals surface area contributed by atoms with E-state index < -0.39 is 33.4 Å². The Hall–Kier alpha value is -5.08. The van der Waals surface area contributed by atoms with E-state index in [1.54, 1.807) is 12.4 Å². The van der Waals surface area contributed by atoms with Gasteiger partial charge >= 0.3 is 18.3 Å². The molecule has 1 aliphatic heterocycles. The molecule has 4 aromatic rings. The Morgan fingerprint density at radius 2 is 1.70 bits per heavy atom. The average Bonchev–Trinajstić information content (AvgIpc) is 3.16. The minimum atomic E-state index is -4.81. The van der Waals surface area contributed by atoms with Crippen molar-refractivity contribution in [2.24, 2.45) is 0 Å². The van der Waals surface area contributed by atoms with Crippen LogP contribution in [-0.2, 0) is 25.5 Å². The lowest BCUT2D eigenvalue weighted by atomic mass is 9.90. The number of carbonyl (C=O) groups is 1. The number of pyridine rings is 1. The molecule has 1 aliphatic carbocycles. The molecule has 1 amide bonds. The molecule has 1 saturated heterocycles. The van der Waals surface area contributed by atoms with Gasteiger partial charge in [0.1, 0.15) is 12.2 Å². The number of hydrogen-bond donors (Lipinski definition) is 1. The van der Waals surface area contributed by atoms with Crippen molar-refractivity contribution in [1.29, 1.82) is 0 Å². The predicted molar refractivity (Wildman–Crippen MR) is 184 cm³/mol. The summed E-state index contributed by atoms with van der Waals surface area (Å²) in [4.78, 5) is 46.2.